The highest BCUT2D eigenvalue weighted by molar-refractivity contribution is 14.1. The standard InChI is InChI=1S/C28H22FIN2O5S/c1-4-36-28(34)27-16(2)20(14-32)25(38-27)12-23(33)19(13-31)9-17-10-22(30)26(24(11-17)35-3)37-15-18-7-5-6-8-21(18)29/h5-11H,4,12,15H2,1-3H3/b19-9+. The van der Waals surface area contributed by atoms with E-state index in [0.29, 0.717) is 36.6 Å². The van der Waals surface area contributed by atoms with Crippen LogP contribution in [0, 0.1) is 39.0 Å². The third-order valence-corrected chi connectivity index (χ3v) is 7.50. The topological polar surface area (TPSA) is 109 Å². The number of thiophene rings is 1. The summed E-state index contributed by atoms with van der Waals surface area (Å²) in [5.41, 5.74) is 1.46. The second-order valence-electron chi connectivity index (χ2n) is 7.87. The summed E-state index contributed by atoms with van der Waals surface area (Å²) in [4.78, 5) is 25.9. The first-order chi connectivity index (χ1) is 18.2. The first kappa shape index (κ1) is 28.8. The summed E-state index contributed by atoms with van der Waals surface area (Å²) < 4.78 is 30.9. The third-order valence-electron chi connectivity index (χ3n) is 5.43. The van der Waals surface area contributed by atoms with E-state index in [1.165, 1.54) is 19.3 Å². The van der Waals surface area contributed by atoms with Crippen molar-refractivity contribution in [3.8, 4) is 23.6 Å². The Morgan fingerprint density at radius 1 is 1.21 bits per heavy atom. The number of carbonyl (C=O) groups excluding carboxylic acids is 2. The van der Waals surface area contributed by atoms with Crippen LogP contribution in [0.15, 0.2) is 42.0 Å². The van der Waals surface area contributed by atoms with Crippen LogP contribution < -0.4 is 9.47 Å². The molecule has 0 unspecified atom stereocenters. The minimum atomic E-state index is -0.555. The number of allylic oxidation sites excluding steroid dienone is 1. The predicted molar refractivity (Wildman–Crippen MR) is 148 cm³/mol. The molecule has 0 radical (unpaired) electrons. The summed E-state index contributed by atoms with van der Waals surface area (Å²) in [7, 11) is 1.45. The number of hydrogen-bond acceptors (Lipinski definition) is 8. The Kier molecular flexibility index (Phi) is 9.99. The van der Waals surface area contributed by atoms with Crippen LogP contribution in [0.2, 0.25) is 0 Å². The van der Waals surface area contributed by atoms with E-state index in [1.807, 2.05) is 34.7 Å². The van der Waals surface area contributed by atoms with Gasteiger partial charge in [0.2, 0.25) is 0 Å². The van der Waals surface area contributed by atoms with Gasteiger partial charge in [-0.15, -0.1) is 11.3 Å². The van der Waals surface area contributed by atoms with Crippen molar-refractivity contribution < 1.29 is 28.2 Å². The quantitative estimate of drug-likeness (QED) is 0.113. The van der Waals surface area contributed by atoms with Crippen LogP contribution in [0.3, 0.4) is 0 Å². The highest BCUT2D eigenvalue weighted by Gasteiger charge is 2.23. The number of benzene rings is 2. The number of esters is 1. The monoisotopic (exact) mass is 644 g/mol. The number of Topliss-reactive ketones (excluding diaryl/α,β-unsaturated/α-hetero) is 1. The van der Waals surface area contributed by atoms with Gasteiger partial charge in [-0.05, 0) is 71.8 Å². The highest BCUT2D eigenvalue weighted by atomic mass is 127. The summed E-state index contributed by atoms with van der Waals surface area (Å²) >= 11 is 3.05. The molecule has 0 aliphatic rings. The molecule has 0 spiro atoms. The molecule has 194 valence electrons. The predicted octanol–water partition coefficient (Wildman–Crippen LogP) is 6.15. The van der Waals surface area contributed by atoms with Crippen molar-refractivity contribution >= 4 is 51.8 Å². The lowest BCUT2D eigenvalue weighted by molar-refractivity contribution is -0.114. The zero-order chi connectivity index (χ0) is 27.8. The SMILES string of the molecule is CCOC(=O)c1sc(CC(=O)/C(C#N)=C/c2cc(I)c(OCc3ccccc3F)c(OC)c2)c(C#N)c1C. The fourth-order valence-corrected chi connectivity index (χ4v) is 5.48. The van der Waals surface area contributed by atoms with E-state index in [9.17, 15) is 24.5 Å². The molecule has 38 heavy (non-hydrogen) atoms. The lowest BCUT2D eigenvalue weighted by atomic mass is 10.0. The number of ketones is 1. The van der Waals surface area contributed by atoms with Crippen molar-refractivity contribution in [3.05, 3.63) is 83.4 Å². The number of carbonyl (C=O) groups is 2. The number of nitrogens with zero attached hydrogens (tertiary/aromatic N) is 2. The maximum Gasteiger partial charge on any atom is 0.348 e. The number of ether oxygens (including phenoxy) is 3. The van der Waals surface area contributed by atoms with Crippen molar-refractivity contribution in [2.45, 2.75) is 26.9 Å². The molecular weight excluding hydrogens is 622 g/mol. The van der Waals surface area contributed by atoms with Crippen molar-refractivity contribution in [1.29, 1.82) is 10.5 Å². The van der Waals surface area contributed by atoms with Gasteiger partial charge in [0.1, 0.15) is 29.4 Å². The van der Waals surface area contributed by atoms with Crippen LogP contribution in [0.4, 0.5) is 4.39 Å². The van der Waals surface area contributed by atoms with E-state index >= 15 is 0 Å². The molecule has 3 rings (SSSR count). The second kappa shape index (κ2) is 13.2. The van der Waals surface area contributed by atoms with Crippen LogP contribution in [-0.2, 0) is 22.6 Å². The van der Waals surface area contributed by atoms with Gasteiger partial charge >= 0.3 is 5.97 Å². The Hall–Kier alpha value is -3.74. The molecule has 0 amide bonds. The molecule has 1 aromatic heterocycles. The molecule has 0 aliphatic carbocycles. The smallest absolute Gasteiger partial charge is 0.348 e. The highest BCUT2D eigenvalue weighted by Crippen LogP contribution is 2.36. The van der Waals surface area contributed by atoms with E-state index < -0.39 is 11.8 Å². The maximum absolute atomic E-state index is 14.0. The molecular formula is C28H22FIN2O5S. The molecule has 1 heterocycles. The van der Waals surface area contributed by atoms with E-state index in [2.05, 4.69) is 0 Å². The van der Waals surface area contributed by atoms with E-state index in [4.69, 9.17) is 14.2 Å². The van der Waals surface area contributed by atoms with Gasteiger partial charge in [0.05, 0.1) is 28.4 Å². The van der Waals surface area contributed by atoms with E-state index in [1.54, 1.807) is 44.2 Å². The van der Waals surface area contributed by atoms with Gasteiger partial charge in [0.25, 0.3) is 0 Å². The average molecular weight is 644 g/mol. The van der Waals surface area contributed by atoms with Gasteiger partial charge < -0.3 is 14.2 Å². The van der Waals surface area contributed by atoms with E-state index in [0.717, 1.165) is 11.3 Å². The first-order valence-corrected chi connectivity index (χ1v) is 13.2. The zero-order valence-electron chi connectivity index (χ0n) is 20.8. The van der Waals surface area contributed by atoms with Gasteiger partial charge in [0.15, 0.2) is 17.3 Å². The number of hydrogen-bond donors (Lipinski definition) is 0. The van der Waals surface area contributed by atoms with E-state index in [-0.39, 0.29) is 41.5 Å². The van der Waals surface area contributed by atoms with Crippen LogP contribution in [-0.4, -0.2) is 25.5 Å². The summed E-state index contributed by atoms with van der Waals surface area (Å²) in [6.45, 7) is 3.48. The molecule has 0 atom stereocenters. The molecule has 2 aromatic carbocycles. The first-order valence-electron chi connectivity index (χ1n) is 11.3. The van der Waals surface area contributed by atoms with Crippen molar-refractivity contribution in [2.75, 3.05) is 13.7 Å². The summed E-state index contributed by atoms with van der Waals surface area (Å²) in [5.74, 6) is -0.690. The number of rotatable bonds is 10. The number of nitriles is 2. The largest absolute Gasteiger partial charge is 0.493 e. The lowest BCUT2D eigenvalue weighted by Crippen LogP contribution is -2.05. The summed E-state index contributed by atoms with van der Waals surface area (Å²) in [5, 5.41) is 19.3. The molecule has 0 saturated heterocycles. The molecule has 10 heteroatoms. The second-order valence-corrected chi connectivity index (χ2v) is 10.1. The van der Waals surface area contributed by atoms with Gasteiger partial charge in [-0.3, -0.25) is 4.79 Å². The van der Waals surface area contributed by atoms with Gasteiger partial charge in [-0.2, -0.15) is 10.5 Å². The molecule has 0 saturated carbocycles. The van der Waals surface area contributed by atoms with Gasteiger partial charge in [0, 0.05) is 16.9 Å². The molecule has 0 N–H and O–H groups in total. The number of methoxy groups -OCH3 is 1. The Morgan fingerprint density at radius 3 is 2.58 bits per heavy atom. The Bertz CT molecular complexity index is 1500. The fourth-order valence-electron chi connectivity index (χ4n) is 3.55. The van der Waals surface area contributed by atoms with Gasteiger partial charge in [-0.1, -0.05) is 18.2 Å². The van der Waals surface area contributed by atoms with Crippen LogP contribution >= 0.6 is 33.9 Å². The fraction of sp³-hybridized carbons (Fsp3) is 0.214. The van der Waals surface area contributed by atoms with Crippen LogP contribution in [0.25, 0.3) is 6.08 Å². The van der Waals surface area contributed by atoms with Crippen LogP contribution in [0.5, 0.6) is 11.5 Å². The minimum absolute atomic E-state index is 0.00854. The Labute approximate surface area is 237 Å². The number of halogens is 2. The third kappa shape index (κ3) is 6.57. The summed E-state index contributed by atoms with van der Waals surface area (Å²) in [6, 6.07) is 13.6. The Balaban J connectivity index is 1.87. The Morgan fingerprint density at radius 2 is 1.95 bits per heavy atom. The minimum Gasteiger partial charge on any atom is -0.493 e. The average Bonchev–Trinajstić information content (AvgIpc) is 3.21. The molecule has 0 bridgehead atoms. The van der Waals surface area contributed by atoms with Crippen LogP contribution in [0.1, 0.15) is 43.7 Å². The van der Waals surface area contributed by atoms with Crippen molar-refractivity contribution in [1.82, 2.24) is 0 Å². The van der Waals surface area contributed by atoms with Crippen molar-refractivity contribution in [3.63, 3.8) is 0 Å². The molecule has 0 aliphatic heterocycles. The maximum atomic E-state index is 14.0. The zero-order valence-corrected chi connectivity index (χ0v) is 23.7. The normalized spacial score (nSPS) is 10.9. The molecule has 3 aromatic rings. The molecule has 0 fully saturated rings. The van der Waals surface area contributed by atoms with Gasteiger partial charge in [-0.25, -0.2) is 9.18 Å². The summed E-state index contributed by atoms with van der Waals surface area (Å²) in [6.07, 6.45) is 1.21. The lowest BCUT2D eigenvalue weighted by Gasteiger charge is -2.14. The van der Waals surface area contributed by atoms with Crippen molar-refractivity contribution in [2.24, 2.45) is 0 Å². The molecule has 7 nitrogen and oxygen atoms in total.